The fraction of sp³-hybridized carbons (Fsp3) is 0.462. The van der Waals surface area contributed by atoms with Crippen LogP contribution in [0.15, 0.2) is 17.5 Å². The molecule has 118 valence electrons. The van der Waals surface area contributed by atoms with E-state index in [2.05, 4.69) is 4.72 Å². The van der Waals surface area contributed by atoms with Crippen molar-refractivity contribution >= 4 is 33.4 Å². The maximum Gasteiger partial charge on any atom is 0.328 e. The van der Waals surface area contributed by atoms with Crippen LogP contribution in [0.4, 0.5) is 0 Å². The van der Waals surface area contributed by atoms with Crippen LogP contribution in [-0.4, -0.2) is 38.0 Å². The van der Waals surface area contributed by atoms with Crippen molar-refractivity contribution in [1.29, 1.82) is 0 Å². The summed E-state index contributed by atoms with van der Waals surface area (Å²) in [6.07, 6.45) is 2.46. The average molecular weight is 333 g/mol. The Hall–Kier alpha value is -1.22. The van der Waals surface area contributed by atoms with E-state index < -0.39 is 16.0 Å². The first-order chi connectivity index (χ1) is 9.80. The largest absolute Gasteiger partial charge is 0.478 e. The zero-order valence-electron chi connectivity index (χ0n) is 11.9. The normalized spacial score (nSPS) is 12.3. The molecule has 0 aliphatic carbocycles. The van der Waals surface area contributed by atoms with Crippen molar-refractivity contribution in [2.24, 2.45) is 0 Å². The number of carboxylic acids is 1. The quantitative estimate of drug-likeness (QED) is 0.671. The minimum absolute atomic E-state index is 0.00902. The van der Waals surface area contributed by atoms with Crippen molar-refractivity contribution < 1.29 is 23.1 Å². The molecule has 0 fully saturated rings. The monoisotopic (exact) mass is 333 g/mol. The van der Waals surface area contributed by atoms with Gasteiger partial charge in [-0.25, -0.2) is 17.9 Å². The number of carboxylic acid groups (broad SMARTS) is 1. The second kappa shape index (κ2) is 8.28. The number of aliphatic carboxylic acids is 1. The van der Waals surface area contributed by atoms with Crippen LogP contribution in [0.1, 0.15) is 24.3 Å². The molecule has 0 spiro atoms. The molecule has 0 amide bonds. The van der Waals surface area contributed by atoms with Gasteiger partial charge in [-0.05, 0) is 36.9 Å². The number of sulfonamides is 1. The molecule has 1 rings (SSSR count). The number of rotatable bonds is 9. The van der Waals surface area contributed by atoms with Crippen molar-refractivity contribution in [1.82, 2.24) is 4.72 Å². The van der Waals surface area contributed by atoms with Gasteiger partial charge in [0.1, 0.15) is 0 Å². The van der Waals surface area contributed by atoms with Gasteiger partial charge in [0.15, 0.2) is 0 Å². The molecule has 8 heteroatoms. The number of hydrogen-bond acceptors (Lipinski definition) is 5. The maximum absolute atomic E-state index is 11.8. The summed E-state index contributed by atoms with van der Waals surface area (Å²) in [6.45, 7) is 3.96. The second-order valence-corrected chi connectivity index (χ2v) is 7.46. The zero-order chi connectivity index (χ0) is 15.9. The van der Waals surface area contributed by atoms with E-state index >= 15 is 0 Å². The van der Waals surface area contributed by atoms with E-state index in [0.29, 0.717) is 5.56 Å². The van der Waals surface area contributed by atoms with Gasteiger partial charge in [0, 0.05) is 17.5 Å². The molecule has 1 aromatic heterocycles. The van der Waals surface area contributed by atoms with Crippen molar-refractivity contribution in [3.63, 3.8) is 0 Å². The molecule has 6 nitrogen and oxygen atoms in total. The number of thiophene rings is 1. The van der Waals surface area contributed by atoms with E-state index in [1.807, 2.05) is 13.8 Å². The van der Waals surface area contributed by atoms with E-state index in [1.165, 1.54) is 17.4 Å². The van der Waals surface area contributed by atoms with Crippen LogP contribution in [0.2, 0.25) is 0 Å². The molecule has 0 saturated carbocycles. The molecule has 0 bridgehead atoms. The van der Waals surface area contributed by atoms with Gasteiger partial charge in [0.25, 0.3) is 0 Å². The number of hydrogen-bond donors (Lipinski definition) is 2. The lowest BCUT2D eigenvalue weighted by molar-refractivity contribution is -0.131. The highest BCUT2D eigenvalue weighted by atomic mass is 32.2. The molecular formula is C13H19NO5S2. The van der Waals surface area contributed by atoms with Crippen molar-refractivity contribution in [2.75, 3.05) is 12.4 Å². The predicted octanol–water partition coefficient (Wildman–Crippen LogP) is 1.69. The van der Waals surface area contributed by atoms with Crippen LogP contribution < -0.4 is 4.72 Å². The highest BCUT2D eigenvalue weighted by molar-refractivity contribution is 7.89. The van der Waals surface area contributed by atoms with Crippen molar-refractivity contribution in [3.05, 3.63) is 28.0 Å². The third kappa shape index (κ3) is 7.37. The summed E-state index contributed by atoms with van der Waals surface area (Å²) in [4.78, 5) is 11.3. The summed E-state index contributed by atoms with van der Waals surface area (Å²) in [5.74, 6) is -1.14. The first kappa shape index (κ1) is 17.8. The molecule has 0 radical (unpaired) electrons. The summed E-state index contributed by atoms with van der Waals surface area (Å²) < 4.78 is 31.3. The molecular weight excluding hydrogens is 314 g/mol. The molecule has 1 aromatic rings. The van der Waals surface area contributed by atoms with Crippen LogP contribution in [0.5, 0.6) is 0 Å². The van der Waals surface area contributed by atoms with E-state index in [9.17, 15) is 13.2 Å². The summed E-state index contributed by atoms with van der Waals surface area (Å²) in [5, 5.41) is 10.4. The van der Waals surface area contributed by atoms with Crippen LogP contribution >= 0.6 is 11.3 Å². The van der Waals surface area contributed by atoms with Gasteiger partial charge in [-0.3, -0.25) is 0 Å². The standard InChI is InChI=1S/C13H19NO5S2/c1-10(2)19-6-8-21(17,18)14-9-12-11(5-7-20-12)3-4-13(15)16/h3-5,7,10,14H,6,8-9H2,1-2H3,(H,15,16)/b4-3+. The number of carbonyl (C=O) groups is 1. The molecule has 1 heterocycles. The Bertz CT molecular complexity index is 589. The molecule has 0 aliphatic heterocycles. The zero-order valence-corrected chi connectivity index (χ0v) is 13.5. The topological polar surface area (TPSA) is 92.7 Å². The Labute approximate surface area is 128 Å². The van der Waals surface area contributed by atoms with Gasteiger partial charge in [0.2, 0.25) is 10.0 Å². The fourth-order valence-corrected chi connectivity index (χ4v) is 3.17. The molecule has 21 heavy (non-hydrogen) atoms. The number of ether oxygens (including phenoxy) is 1. The van der Waals surface area contributed by atoms with Crippen molar-refractivity contribution in [3.8, 4) is 0 Å². The lowest BCUT2D eigenvalue weighted by atomic mass is 10.2. The van der Waals surface area contributed by atoms with Crippen LogP contribution in [-0.2, 0) is 26.1 Å². The summed E-state index contributed by atoms with van der Waals surface area (Å²) in [7, 11) is -3.41. The van der Waals surface area contributed by atoms with Gasteiger partial charge in [-0.2, -0.15) is 0 Å². The third-order valence-corrected chi connectivity index (χ3v) is 4.67. The molecule has 2 N–H and O–H groups in total. The van der Waals surface area contributed by atoms with E-state index in [1.54, 1.807) is 11.4 Å². The van der Waals surface area contributed by atoms with Crippen LogP contribution in [0, 0.1) is 0 Å². The van der Waals surface area contributed by atoms with Gasteiger partial charge >= 0.3 is 5.97 Å². The lowest BCUT2D eigenvalue weighted by Crippen LogP contribution is -2.28. The van der Waals surface area contributed by atoms with Gasteiger partial charge in [-0.15, -0.1) is 11.3 Å². The van der Waals surface area contributed by atoms with Crippen molar-refractivity contribution in [2.45, 2.75) is 26.5 Å². The first-order valence-corrected chi connectivity index (χ1v) is 8.89. The minimum Gasteiger partial charge on any atom is -0.478 e. The lowest BCUT2D eigenvalue weighted by Gasteiger charge is -2.09. The summed E-state index contributed by atoms with van der Waals surface area (Å²) >= 11 is 1.37. The third-order valence-electron chi connectivity index (χ3n) is 2.44. The Morgan fingerprint density at radius 1 is 1.52 bits per heavy atom. The highest BCUT2D eigenvalue weighted by Crippen LogP contribution is 2.18. The molecule has 0 aromatic carbocycles. The Morgan fingerprint density at radius 2 is 2.24 bits per heavy atom. The first-order valence-electron chi connectivity index (χ1n) is 6.36. The Balaban J connectivity index is 2.55. The van der Waals surface area contributed by atoms with E-state index in [-0.39, 0.29) is 25.0 Å². The Kier molecular flexibility index (Phi) is 7.03. The Morgan fingerprint density at radius 3 is 2.86 bits per heavy atom. The van der Waals surface area contributed by atoms with E-state index in [0.717, 1.165) is 11.0 Å². The smallest absolute Gasteiger partial charge is 0.328 e. The average Bonchev–Trinajstić information content (AvgIpc) is 2.80. The maximum atomic E-state index is 11.8. The van der Waals surface area contributed by atoms with E-state index in [4.69, 9.17) is 9.84 Å². The minimum atomic E-state index is -3.41. The number of nitrogens with one attached hydrogen (secondary N) is 1. The second-order valence-electron chi connectivity index (χ2n) is 4.53. The summed E-state index contributed by atoms with van der Waals surface area (Å²) in [5.41, 5.74) is 0.698. The van der Waals surface area contributed by atoms with Gasteiger partial charge in [0.05, 0.1) is 18.5 Å². The predicted molar refractivity (Wildman–Crippen MR) is 82.7 cm³/mol. The summed E-state index contributed by atoms with van der Waals surface area (Å²) in [6, 6.07) is 1.75. The van der Waals surface area contributed by atoms with Gasteiger partial charge in [-0.1, -0.05) is 0 Å². The fourth-order valence-electron chi connectivity index (χ4n) is 1.44. The molecule has 0 aliphatic rings. The highest BCUT2D eigenvalue weighted by Gasteiger charge is 2.12. The molecule has 0 saturated heterocycles. The van der Waals surface area contributed by atoms with Crippen LogP contribution in [0.3, 0.4) is 0 Å². The molecule has 0 atom stereocenters. The SMILES string of the molecule is CC(C)OCCS(=O)(=O)NCc1sccc1/C=C/C(=O)O. The van der Waals surface area contributed by atoms with Gasteiger partial charge < -0.3 is 9.84 Å². The molecule has 0 unspecified atom stereocenters. The van der Waals surface area contributed by atoms with Crippen LogP contribution in [0.25, 0.3) is 6.08 Å².